The van der Waals surface area contributed by atoms with Crippen molar-refractivity contribution >= 4 is 5.91 Å². The number of amides is 1. The van der Waals surface area contributed by atoms with Crippen molar-refractivity contribution in [2.24, 2.45) is 0 Å². The predicted octanol–water partition coefficient (Wildman–Crippen LogP) is 1.78. The second-order valence-corrected chi connectivity index (χ2v) is 5.06. The van der Waals surface area contributed by atoms with Crippen molar-refractivity contribution in [3.63, 3.8) is 0 Å². The smallest absolute Gasteiger partial charge is 0.224 e. The van der Waals surface area contributed by atoms with Crippen LogP contribution in [0.15, 0.2) is 42.6 Å². The van der Waals surface area contributed by atoms with E-state index in [1.807, 2.05) is 43.3 Å². The Kier molecular flexibility index (Phi) is 5.46. The van der Waals surface area contributed by atoms with Crippen molar-refractivity contribution in [1.29, 1.82) is 0 Å². The first-order valence-electron chi connectivity index (χ1n) is 7.04. The van der Waals surface area contributed by atoms with E-state index in [4.69, 9.17) is 5.11 Å². The molecular weight excluding hydrogens is 264 g/mol. The molecule has 0 saturated heterocycles. The van der Waals surface area contributed by atoms with Crippen LogP contribution < -0.4 is 5.32 Å². The van der Waals surface area contributed by atoms with Gasteiger partial charge in [0, 0.05) is 18.4 Å². The summed E-state index contributed by atoms with van der Waals surface area (Å²) in [6.45, 7) is 2.59. The van der Waals surface area contributed by atoms with Gasteiger partial charge >= 0.3 is 0 Å². The zero-order valence-electron chi connectivity index (χ0n) is 12.2. The van der Waals surface area contributed by atoms with Gasteiger partial charge in [-0.25, -0.2) is 0 Å². The van der Waals surface area contributed by atoms with Gasteiger partial charge in [0.1, 0.15) is 0 Å². The first-order chi connectivity index (χ1) is 10.2. The van der Waals surface area contributed by atoms with E-state index in [1.54, 1.807) is 6.20 Å². The maximum Gasteiger partial charge on any atom is 0.224 e. The summed E-state index contributed by atoms with van der Waals surface area (Å²) in [7, 11) is 0. The lowest BCUT2D eigenvalue weighted by Crippen LogP contribution is -2.27. The van der Waals surface area contributed by atoms with E-state index in [1.165, 1.54) is 0 Å². The number of aliphatic hydroxyl groups is 1. The molecule has 0 aliphatic heterocycles. The van der Waals surface area contributed by atoms with Crippen molar-refractivity contribution in [3.05, 3.63) is 65.0 Å². The molecule has 0 radical (unpaired) electrons. The van der Waals surface area contributed by atoms with Crippen LogP contribution >= 0.6 is 0 Å². The van der Waals surface area contributed by atoms with Gasteiger partial charge in [0.15, 0.2) is 0 Å². The van der Waals surface area contributed by atoms with Crippen molar-refractivity contribution in [3.8, 4) is 0 Å². The number of nitrogens with one attached hydrogen (secondary N) is 1. The summed E-state index contributed by atoms with van der Waals surface area (Å²) in [5, 5.41) is 11.9. The molecule has 4 heteroatoms. The number of aromatic nitrogens is 1. The molecule has 0 bridgehead atoms. The van der Waals surface area contributed by atoms with Gasteiger partial charge in [-0.15, -0.1) is 0 Å². The third kappa shape index (κ3) is 5.00. The lowest BCUT2D eigenvalue weighted by molar-refractivity contribution is -0.120. The molecule has 1 aromatic heterocycles. The summed E-state index contributed by atoms with van der Waals surface area (Å²) >= 11 is 0. The van der Waals surface area contributed by atoms with Crippen molar-refractivity contribution in [2.45, 2.75) is 26.4 Å². The summed E-state index contributed by atoms with van der Waals surface area (Å²) in [6.07, 6.45) is 2.88. The molecule has 0 fully saturated rings. The minimum Gasteiger partial charge on any atom is -0.392 e. The highest BCUT2D eigenvalue weighted by Gasteiger charge is 2.03. The van der Waals surface area contributed by atoms with Gasteiger partial charge < -0.3 is 10.4 Å². The Bertz CT molecular complexity index is 577. The van der Waals surface area contributed by atoms with Gasteiger partial charge in [-0.1, -0.05) is 30.3 Å². The fourth-order valence-corrected chi connectivity index (χ4v) is 2.01. The van der Waals surface area contributed by atoms with Crippen LogP contribution in [0.3, 0.4) is 0 Å². The van der Waals surface area contributed by atoms with E-state index < -0.39 is 0 Å². The van der Waals surface area contributed by atoms with Gasteiger partial charge in [0.25, 0.3) is 0 Å². The van der Waals surface area contributed by atoms with E-state index in [0.29, 0.717) is 13.0 Å². The van der Waals surface area contributed by atoms with E-state index in [9.17, 15) is 4.79 Å². The molecule has 0 unspecified atom stereocenters. The maximum atomic E-state index is 11.8. The lowest BCUT2D eigenvalue weighted by Gasteiger charge is -2.06. The number of rotatable bonds is 6. The van der Waals surface area contributed by atoms with Gasteiger partial charge in [0.2, 0.25) is 5.91 Å². The van der Waals surface area contributed by atoms with Crippen LogP contribution in [-0.2, 0) is 24.2 Å². The van der Waals surface area contributed by atoms with Crippen LogP contribution in [0.2, 0.25) is 0 Å². The predicted molar refractivity (Wildman–Crippen MR) is 81.8 cm³/mol. The van der Waals surface area contributed by atoms with Crippen molar-refractivity contribution in [1.82, 2.24) is 10.3 Å². The second-order valence-electron chi connectivity index (χ2n) is 5.06. The van der Waals surface area contributed by atoms with E-state index in [2.05, 4.69) is 10.3 Å². The Balaban J connectivity index is 1.74. The number of carbonyl (C=O) groups is 1. The third-order valence-electron chi connectivity index (χ3n) is 3.28. The number of carbonyl (C=O) groups excluding carboxylic acids is 1. The number of nitrogens with zero attached hydrogens (tertiary/aromatic N) is 1. The fraction of sp³-hybridized carbons (Fsp3) is 0.294. The van der Waals surface area contributed by atoms with E-state index in [0.717, 1.165) is 28.8 Å². The molecule has 110 valence electrons. The number of benzene rings is 1. The quantitative estimate of drug-likeness (QED) is 0.850. The summed E-state index contributed by atoms with van der Waals surface area (Å²) < 4.78 is 0. The number of aryl methyl sites for hydroxylation is 1. The molecule has 0 atom stereocenters. The van der Waals surface area contributed by atoms with Crippen LogP contribution in [0.5, 0.6) is 0 Å². The van der Waals surface area contributed by atoms with Gasteiger partial charge in [-0.3, -0.25) is 9.78 Å². The summed E-state index contributed by atoms with van der Waals surface area (Å²) in [5.74, 6) is 0.00707. The lowest BCUT2D eigenvalue weighted by atomic mass is 10.1. The standard InChI is InChI=1S/C17H20N2O2/c1-13-2-3-16(11-19-13)10-17(21)18-9-8-14-4-6-15(12-20)7-5-14/h2-7,11,20H,8-10,12H2,1H3,(H,18,21). The highest BCUT2D eigenvalue weighted by molar-refractivity contribution is 5.78. The molecule has 1 aromatic carbocycles. The van der Waals surface area contributed by atoms with Crippen molar-refractivity contribution < 1.29 is 9.90 Å². The Hall–Kier alpha value is -2.20. The normalized spacial score (nSPS) is 10.4. The summed E-state index contributed by atoms with van der Waals surface area (Å²) in [5.41, 5.74) is 3.91. The van der Waals surface area contributed by atoms with Crippen LogP contribution in [-0.4, -0.2) is 22.5 Å². The Labute approximate surface area is 124 Å². The summed E-state index contributed by atoms with van der Waals surface area (Å²) in [4.78, 5) is 16.0. The Morgan fingerprint density at radius 2 is 1.76 bits per heavy atom. The number of pyridine rings is 1. The molecule has 2 aromatic rings. The molecule has 0 aliphatic rings. The minimum atomic E-state index is 0.00707. The maximum absolute atomic E-state index is 11.8. The second kappa shape index (κ2) is 7.55. The molecule has 0 saturated carbocycles. The first kappa shape index (κ1) is 15.2. The average molecular weight is 284 g/mol. The highest BCUT2D eigenvalue weighted by atomic mass is 16.3. The van der Waals surface area contributed by atoms with Crippen LogP contribution in [0.25, 0.3) is 0 Å². The van der Waals surface area contributed by atoms with Gasteiger partial charge in [0.05, 0.1) is 13.0 Å². The molecule has 1 amide bonds. The number of aliphatic hydroxyl groups excluding tert-OH is 1. The zero-order chi connectivity index (χ0) is 15.1. The zero-order valence-corrected chi connectivity index (χ0v) is 12.2. The fourth-order valence-electron chi connectivity index (χ4n) is 2.01. The SMILES string of the molecule is Cc1ccc(CC(=O)NCCc2ccc(CO)cc2)cn1. The summed E-state index contributed by atoms with van der Waals surface area (Å²) in [6, 6.07) is 11.6. The molecule has 4 nitrogen and oxygen atoms in total. The average Bonchev–Trinajstić information content (AvgIpc) is 2.50. The van der Waals surface area contributed by atoms with Crippen LogP contribution in [0.4, 0.5) is 0 Å². The monoisotopic (exact) mass is 284 g/mol. The largest absolute Gasteiger partial charge is 0.392 e. The van der Waals surface area contributed by atoms with Gasteiger partial charge in [-0.05, 0) is 36.1 Å². The molecule has 0 spiro atoms. The van der Waals surface area contributed by atoms with Crippen LogP contribution in [0, 0.1) is 6.92 Å². The Morgan fingerprint density at radius 3 is 2.38 bits per heavy atom. The highest BCUT2D eigenvalue weighted by Crippen LogP contribution is 2.05. The molecule has 2 rings (SSSR count). The topological polar surface area (TPSA) is 62.2 Å². The Morgan fingerprint density at radius 1 is 1.10 bits per heavy atom. The van der Waals surface area contributed by atoms with E-state index >= 15 is 0 Å². The molecule has 2 N–H and O–H groups in total. The molecule has 0 aliphatic carbocycles. The molecule has 21 heavy (non-hydrogen) atoms. The molecule has 1 heterocycles. The van der Waals surface area contributed by atoms with Gasteiger partial charge in [-0.2, -0.15) is 0 Å². The third-order valence-corrected chi connectivity index (χ3v) is 3.28. The number of hydrogen-bond donors (Lipinski definition) is 2. The first-order valence-corrected chi connectivity index (χ1v) is 7.04. The minimum absolute atomic E-state index is 0.00707. The molecular formula is C17H20N2O2. The van der Waals surface area contributed by atoms with E-state index in [-0.39, 0.29) is 12.5 Å². The number of hydrogen-bond acceptors (Lipinski definition) is 3. The van der Waals surface area contributed by atoms with Crippen LogP contribution in [0.1, 0.15) is 22.4 Å². The van der Waals surface area contributed by atoms with Crippen molar-refractivity contribution in [2.75, 3.05) is 6.54 Å².